The number of carbonyl (C=O) groups is 1. The molecular weight excluding hydrogens is 323 g/mol. The van der Waals surface area contributed by atoms with Crippen LogP contribution >= 0.6 is 0 Å². The minimum absolute atomic E-state index is 0.00187. The fraction of sp³-hybridized carbons (Fsp3) is 0.632. The highest BCUT2D eigenvalue weighted by molar-refractivity contribution is 5.79. The van der Waals surface area contributed by atoms with E-state index in [2.05, 4.69) is 10.2 Å². The second-order valence-corrected chi connectivity index (χ2v) is 6.93. The lowest BCUT2D eigenvalue weighted by atomic mass is 9.99. The number of ether oxygens (including phenoxy) is 1. The molecule has 1 aliphatic heterocycles. The lowest BCUT2D eigenvalue weighted by Gasteiger charge is -2.38. The summed E-state index contributed by atoms with van der Waals surface area (Å²) in [6, 6.07) is 6.08. The number of morpholine rings is 1. The van der Waals surface area contributed by atoms with Crippen LogP contribution in [0.2, 0.25) is 0 Å². The predicted octanol–water partition coefficient (Wildman–Crippen LogP) is 1.49. The van der Waals surface area contributed by atoms with E-state index in [1.807, 2.05) is 0 Å². The number of rotatable bonds is 4. The number of hydrogen-bond acceptors (Lipinski definition) is 4. The zero-order chi connectivity index (χ0) is 17.6. The maximum Gasteiger partial charge on any atom is 0.224 e. The van der Waals surface area contributed by atoms with Gasteiger partial charge in [-0.05, 0) is 24.5 Å². The number of hydrogen-bond donors (Lipinski definition) is 2. The molecule has 1 amide bonds. The Morgan fingerprint density at radius 2 is 1.96 bits per heavy atom. The number of aliphatic hydroxyl groups is 1. The Morgan fingerprint density at radius 3 is 2.72 bits per heavy atom. The molecule has 5 nitrogen and oxygen atoms in total. The van der Waals surface area contributed by atoms with Crippen LogP contribution in [0.4, 0.5) is 4.39 Å². The Kier molecular flexibility index (Phi) is 6.39. The topological polar surface area (TPSA) is 61.8 Å². The van der Waals surface area contributed by atoms with Crippen molar-refractivity contribution in [1.82, 2.24) is 10.2 Å². The molecule has 1 aliphatic carbocycles. The SMILES string of the molecule is O=C(Cc1ccccc1F)N[C@@H]1CCCC[C@@H](N2CCOCC2)[C@@H]1O. The lowest BCUT2D eigenvalue weighted by molar-refractivity contribution is -0.122. The van der Waals surface area contributed by atoms with Crippen molar-refractivity contribution in [3.63, 3.8) is 0 Å². The van der Waals surface area contributed by atoms with Crippen LogP contribution in [-0.4, -0.2) is 60.4 Å². The molecule has 138 valence electrons. The molecule has 0 aromatic heterocycles. The van der Waals surface area contributed by atoms with Crippen LogP contribution in [-0.2, 0) is 16.0 Å². The molecule has 0 radical (unpaired) electrons. The van der Waals surface area contributed by atoms with Crippen molar-refractivity contribution in [2.24, 2.45) is 0 Å². The first-order valence-electron chi connectivity index (χ1n) is 9.18. The number of nitrogens with one attached hydrogen (secondary N) is 1. The number of halogens is 1. The first-order chi connectivity index (χ1) is 12.1. The van der Waals surface area contributed by atoms with Crippen molar-refractivity contribution in [2.45, 2.75) is 50.3 Å². The van der Waals surface area contributed by atoms with Gasteiger partial charge in [-0.1, -0.05) is 31.0 Å². The van der Waals surface area contributed by atoms with E-state index < -0.39 is 6.10 Å². The third-order valence-corrected chi connectivity index (χ3v) is 5.24. The normalized spacial score (nSPS) is 28.3. The second kappa shape index (κ2) is 8.74. The highest BCUT2D eigenvalue weighted by atomic mass is 19.1. The number of nitrogens with zero attached hydrogens (tertiary/aromatic N) is 1. The number of aliphatic hydroxyl groups excluding tert-OH is 1. The third-order valence-electron chi connectivity index (χ3n) is 5.24. The predicted molar refractivity (Wildman–Crippen MR) is 92.7 cm³/mol. The summed E-state index contributed by atoms with van der Waals surface area (Å²) in [4.78, 5) is 14.6. The zero-order valence-corrected chi connectivity index (χ0v) is 14.5. The molecule has 2 aliphatic rings. The van der Waals surface area contributed by atoms with Crippen molar-refractivity contribution in [2.75, 3.05) is 26.3 Å². The van der Waals surface area contributed by atoms with E-state index >= 15 is 0 Å². The van der Waals surface area contributed by atoms with Crippen molar-refractivity contribution in [3.05, 3.63) is 35.6 Å². The summed E-state index contributed by atoms with van der Waals surface area (Å²) in [5.41, 5.74) is 0.382. The quantitative estimate of drug-likeness (QED) is 0.808. The molecule has 25 heavy (non-hydrogen) atoms. The molecule has 2 fully saturated rings. The Balaban J connectivity index is 1.61. The van der Waals surface area contributed by atoms with Gasteiger partial charge >= 0.3 is 0 Å². The van der Waals surface area contributed by atoms with Gasteiger partial charge in [0.25, 0.3) is 0 Å². The fourth-order valence-corrected chi connectivity index (χ4v) is 3.87. The summed E-state index contributed by atoms with van der Waals surface area (Å²) in [6.07, 6.45) is 3.09. The summed E-state index contributed by atoms with van der Waals surface area (Å²) in [5, 5.41) is 13.8. The molecule has 1 aromatic rings. The number of benzene rings is 1. The summed E-state index contributed by atoms with van der Waals surface area (Å²) in [6.45, 7) is 3.01. The van der Waals surface area contributed by atoms with Crippen molar-refractivity contribution < 1.29 is 19.0 Å². The van der Waals surface area contributed by atoms with Gasteiger partial charge in [0.15, 0.2) is 0 Å². The minimum atomic E-state index is -0.606. The maximum absolute atomic E-state index is 13.7. The van der Waals surface area contributed by atoms with Crippen LogP contribution in [0.1, 0.15) is 31.2 Å². The van der Waals surface area contributed by atoms with Crippen molar-refractivity contribution >= 4 is 5.91 Å². The van der Waals surface area contributed by atoms with Gasteiger partial charge in [-0.3, -0.25) is 9.69 Å². The first-order valence-corrected chi connectivity index (χ1v) is 9.18. The molecule has 3 rings (SSSR count). The molecule has 1 heterocycles. The fourth-order valence-electron chi connectivity index (χ4n) is 3.87. The third kappa shape index (κ3) is 4.77. The average molecular weight is 350 g/mol. The Hall–Kier alpha value is -1.50. The molecule has 3 atom stereocenters. The Bertz CT molecular complexity index is 578. The van der Waals surface area contributed by atoms with E-state index in [4.69, 9.17) is 4.74 Å². The molecule has 0 bridgehead atoms. The second-order valence-electron chi connectivity index (χ2n) is 6.93. The molecule has 1 saturated carbocycles. The Labute approximate surface area is 148 Å². The van der Waals surface area contributed by atoms with E-state index in [-0.39, 0.29) is 30.2 Å². The van der Waals surface area contributed by atoms with Gasteiger partial charge < -0.3 is 15.2 Å². The van der Waals surface area contributed by atoms with Crippen molar-refractivity contribution in [1.29, 1.82) is 0 Å². The summed E-state index contributed by atoms with van der Waals surface area (Å²) in [7, 11) is 0. The smallest absolute Gasteiger partial charge is 0.224 e. The number of amides is 1. The molecule has 0 spiro atoms. The highest BCUT2D eigenvalue weighted by Crippen LogP contribution is 2.24. The molecular formula is C19H27FN2O3. The van der Waals surface area contributed by atoms with Crippen LogP contribution < -0.4 is 5.32 Å². The van der Waals surface area contributed by atoms with Gasteiger partial charge in [0.2, 0.25) is 5.91 Å². The zero-order valence-electron chi connectivity index (χ0n) is 14.5. The first kappa shape index (κ1) is 18.3. The molecule has 2 N–H and O–H groups in total. The van der Waals surface area contributed by atoms with Crippen LogP contribution in [0.15, 0.2) is 24.3 Å². The summed E-state index contributed by atoms with van der Waals surface area (Å²) < 4.78 is 19.1. The van der Waals surface area contributed by atoms with E-state index in [1.165, 1.54) is 6.07 Å². The average Bonchev–Trinajstić information content (AvgIpc) is 2.80. The summed E-state index contributed by atoms with van der Waals surface area (Å²) in [5.74, 6) is -0.609. The summed E-state index contributed by atoms with van der Waals surface area (Å²) >= 11 is 0. The highest BCUT2D eigenvalue weighted by Gasteiger charge is 2.35. The van der Waals surface area contributed by atoms with Crippen molar-refractivity contribution in [3.8, 4) is 0 Å². The standard InChI is InChI=1S/C19H27FN2O3/c20-15-6-2-1-5-14(15)13-18(23)21-16-7-3-4-8-17(19(16)24)22-9-11-25-12-10-22/h1-2,5-6,16-17,19,24H,3-4,7-13H2,(H,21,23)/t16-,17-,19-/m1/s1. The van der Waals surface area contributed by atoms with Gasteiger partial charge in [-0.15, -0.1) is 0 Å². The van der Waals surface area contributed by atoms with Crippen LogP contribution in [0.5, 0.6) is 0 Å². The largest absolute Gasteiger partial charge is 0.389 e. The minimum Gasteiger partial charge on any atom is -0.389 e. The molecule has 0 unspecified atom stereocenters. The van der Waals surface area contributed by atoms with Gasteiger partial charge in [0.1, 0.15) is 5.82 Å². The van der Waals surface area contributed by atoms with E-state index in [0.29, 0.717) is 18.8 Å². The molecule has 1 saturated heterocycles. The van der Waals surface area contributed by atoms with Gasteiger partial charge in [-0.25, -0.2) is 4.39 Å². The molecule has 6 heteroatoms. The monoisotopic (exact) mass is 350 g/mol. The van der Waals surface area contributed by atoms with Gasteiger partial charge in [0.05, 0.1) is 31.8 Å². The van der Waals surface area contributed by atoms with Crippen LogP contribution in [0, 0.1) is 5.82 Å². The van der Waals surface area contributed by atoms with Gasteiger partial charge in [-0.2, -0.15) is 0 Å². The number of carbonyl (C=O) groups excluding carboxylic acids is 1. The lowest BCUT2D eigenvalue weighted by Crippen LogP contribution is -2.55. The van der Waals surface area contributed by atoms with E-state index in [9.17, 15) is 14.3 Å². The van der Waals surface area contributed by atoms with Crippen LogP contribution in [0.25, 0.3) is 0 Å². The maximum atomic E-state index is 13.7. The molecule has 1 aromatic carbocycles. The van der Waals surface area contributed by atoms with E-state index in [0.717, 1.165) is 38.8 Å². The van der Waals surface area contributed by atoms with Crippen LogP contribution in [0.3, 0.4) is 0 Å². The van der Waals surface area contributed by atoms with E-state index in [1.54, 1.807) is 18.2 Å². The Morgan fingerprint density at radius 1 is 1.24 bits per heavy atom. The van der Waals surface area contributed by atoms with Gasteiger partial charge in [0, 0.05) is 19.1 Å².